The van der Waals surface area contributed by atoms with E-state index in [1.807, 2.05) is 6.92 Å². The van der Waals surface area contributed by atoms with Gasteiger partial charge in [0.25, 0.3) is 0 Å². The van der Waals surface area contributed by atoms with Gasteiger partial charge in [0.15, 0.2) is 0 Å². The molecule has 0 spiro atoms. The van der Waals surface area contributed by atoms with Gasteiger partial charge in [0.1, 0.15) is 0 Å². The fourth-order valence-electron chi connectivity index (χ4n) is 1.39. The molecule has 76 valence electrons. The standard InChI is InChI=1S/C9H18N2O2/c1-2-13-4-3-9(12)11-8-5-7(10)6-8/h7-8H,2-6,10H2,1H3,(H,11,12). The number of nitrogens with two attached hydrogens (primary N) is 1. The van der Waals surface area contributed by atoms with Crippen LogP contribution in [0.4, 0.5) is 0 Å². The molecule has 0 heterocycles. The Kier molecular flexibility index (Phi) is 4.18. The molecule has 0 radical (unpaired) electrons. The smallest absolute Gasteiger partial charge is 0.222 e. The minimum atomic E-state index is 0.0744. The number of ether oxygens (including phenoxy) is 1. The SMILES string of the molecule is CCOCCC(=O)NC1CC(N)C1. The van der Waals surface area contributed by atoms with Gasteiger partial charge in [-0.3, -0.25) is 4.79 Å². The third kappa shape index (κ3) is 3.74. The summed E-state index contributed by atoms with van der Waals surface area (Å²) in [7, 11) is 0. The van der Waals surface area contributed by atoms with Crippen molar-refractivity contribution < 1.29 is 9.53 Å². The number of rotatable bonds is 5. The van der Waals surface area contributed by atoms with Gasteiger partial charge in [-0.05, 0) is 19.8 Å². The van der Waals surface area contributed by atoms with Crippen LogP contribution in [0.2, 0.25) is 0 Å². The van der Waals surface area contributed by atoms with Crippen LogP contribution in [0, 0.1) is 0 Å². The summed E-state index contributed by atoms with van der Waals surface area (Å²) in [5, 5.41) is 2.91. The maximum Gasteiger partial charge on any atom is 0.222 e. The second-order valence-electron chi connectivity index (χ2n) is 3.44. The van der Waals surface area contributed by atoms with Gasteiger partial charge in [0.05, 0.1) is 6.61 Å². The van der Waals surface area contributed by atoms with E-state index < -0.39 is 0 Å². The van der Waals surface area contributed by atoms with Crippen LogP contribution < -0.4 is 11.1 Å². The highest BCUT2D eigenvalue weighted by Crippen LogP contribution is 2.17. The molecule has 1 aliphatic carbocycles. The summed E-state index contributed by atoms with van der Waals surface area (Å²) in [6.45, 7) is 3.10. The van der Waals surface area contributed by atoms with Crippen LogP contribution in [-0.2, 0) is 9.53 Å². The average molecular weight is 186 g/mol. The van der Waals surface area contributed by atoms with Crippen molar-refractivity contribution in [3.63, 3.8) is 0 Å². The van der Waals surface area contributed by atoms with Gasteiger partial charge in [0, 0.05) is 25.1 Å². The van der Waals surface area contributed by atoms with E-state index in [4.69, 9.17) is 10.5 Å². The lowest BCUT2D eigenvalue weighted by Crippen LogP contribution is -2.50. The van der Waals surface area contributed by atoms with Gasteiger partial charge in [-0.2, -0.15) is 0 Å². The Morgan fingerprint density at radius 2 is 2.31 bits per heavy atom. The van der Waals surface area contributed by atoms with Crippen LogP contribution >= 0.6 is 0 Å². The lowest BCUT2D eigenvalue weighted by molar-refractivity contribution is -0.123. The first-order valence-corrected chi connectivity index (χ1v) is 4.85. The van der Waals surface area contributed by atoms with Crippen molar-refractivity contribution >= 4 is 5.91 Å². The molecule has 1 amide bonds. The molecule has 4 nitrogen and oxygen atoms in total. The monoisotopic (exact) mass is 186 g/mol. The number of carbonyl (C=O) groups is 1. The van der Waals surface area contributed by atoms with Crippen molar-refractivity contribution in [1.82, 2.24) is 5.32 Å². The molecule has 0 aromatic rings. The maximum atomic E-state index is 11.2. The molecule has 1 saturated carbocycles. The van der Waals surface area contributed by atoms with Crippen LogP contribution in [0.15, 0.2) is 0 Å². The average Bonchev–Trinajstić information content (AvgIpc) is 2.02. The number of hydrogen-bond donors (Lipinski definition) is 2. The fraction of sp³-hybridized carbons (Fsp3) is 0.889. The van der Waals surface area contributed by atoms with E-state index in [0.717, 1.165) is 12.8 Å². The molecule has 0 unspecified atom stereocenters. The zero-order valence-electron chi connectivity index (χ0n) is 8.08. The molecule has 4 heteroatoms. The second-order valence-corrected chi connectivity index (χ2v) is 3.44. The normalized spacial score (nSPS) is 26.6. The molecule has 0 aromatic carbocycles. The Balaban J connectivity index is 1.98. The van der Waals surface area contributed by atoms with Crippen LogP contribution in [0.25, 0.3) is 0 Å². The van der Waals surface area contributed by atoms with E-state index in [-0.39, 0.29) is 11.9 Å². The van der Waals surface area contributed by atoms with E-state index in [1.165, 1.54) is 0 Å². The number of carbonyl (C=O) groups excluding carboxylic acids is 1. The summed E-state index contributed by atoms with van der Waals surface area (Å²) in [6.07, 6.45) is 2.29. The van der Waals surface area contributed by atoms with Crippen molar-refractivity contribution in [2.45, 2.75) is 38.3 Å². The molecule has 0 aliphatic heterocycles. The first kappa shape index (κ1) is 10.5. The number of hydrogen-bond acceptors (Lipinski definition) is 3. The largest absolute Gasteiger partial charge is 0.381 e. The third-order valence-electron chi connectivity index (χ3n) is 2.22. The van der Waals surface area contributed by atoms with E-state index >= 15 is 0 Å². The van der Waals surface area contributed by atoms with Crippen molar-refractivity contribution in [1.29, 1.82) is 0 Å². The van der Waals surface area contributed by atoms with Gasteiger partial charge in [-0.15, -0.1) is 0 Å². The lowest BCUT2D eigenvalue weighted by Gasteiger charge is -2.32. The molecule has 1 aliphatic rings. The van der Waals surface area contributed by atoms with Gasteiger partial charge in [0.2, 0.25) is 5.91 Å². The molecule has 0 aromatic heterocycles. The predicted molar refractivity (Wildman–Crippen MR) is 50.3 cm³/mol. The number of amides is 1. The first-order valence-electron chi connectivity index (χ1n) is 4.85. The first-order chi connectivity index (χ1) is 6.22. The minimum Gasteiger partial charge on any atom is -0.381 e. The summed E-state index contributed by atoms with van der Waals surface area (Å²) in [6, 6.07) is 0.598. The minimum absolute atomic E-state index is 0.0744. The molecule has 13 heavy (non-hydrogen) atoms. The highest BCUT2D eigenvalue weighted by atomic mass is 16.5. The van der Waals surface area contributed by atoms with E-state index in [2.05, 4.69) is 5.32 Å². The zero-order chi connectivity index (χ0) is 9.68. The van der Waals surface area contributed by atoms with Crippen molar-refractivity contribution in [3.8, 4) is 0 Å². The van der Waals surface area contributed by atoms with E-state index in [9.17, 15) is 4.79 Å². The van der Waals surface area contributed by atoms with E-state index in [1.54, 1.807) is 0 Å². The van der Waals surface area contributed by atoms with Crippen LogP contribution in [0.3, 0.4) is 0 Å². The van der Waals surface area contributed by atoms with Crippen molar-refractivity contribution in [3.05, 3.63) is 0 Å². The molecular weight excluding hydrogens is 168 g/mol. The van der Waals surface area contributed by atoms with Gasteiger partial charge >= 0.3 is 0 Å². The molecule has 0 saturated heterocycles. The topological polar surface area (TPSA) is 64.3 Å². The summed E-state index contributed by atoms with van der Waals surface area (Å²) in [4.78, 5) is 11.2. The summed E-state index contributed by atoms with van der Waals surface area (Å²) >= 11 is 0. The zero-order valence-corrected chi connectivity index (χ0v) is 8.08. The molecule has 1 fully saturated rings. The Morgan fingerprint density at radius 3 is 2.85 bits per heavy atom. The summed E-state index contributed by atoms with van der Waals surface area (Å²) < 4.78 is 5.07. The highest BCUT2D eigenvalue weighted by molar-refractivity contribution is 5.76. The Labute approximate surface area is 78.8 Å². The van der Waals surface area contributed by atoms with Crippen molar-refractivity contribution in [2.75, 3.05) is 13.2 Å². The Bertz CT molecular complexity index is 167. The molecule has 0 atom stereocenters. The van der Waals surface area contributed by atoms with Gasteiger partial charge in [-0.1, -0.05) is 0 Å². The molecular formula is C9H18N2O2. The molecule has 0 bridgehead atoms. The molecule has 1 rings (SSSR count). The van der Waals surface area contributed by atoms with Crippen molar-refractivity contribution in [2.24, 2.45) is 5.73 Å². The Morgan fingerprint density at radius 1 is 1.62 bits per heavy atom. The molecule has 3 N–H and O–H groups in total. The predicted octanol–water partition coefficient (Wildman–Crippen LogP) is 0.0189. The lowest BCUT2D eigenvalue weighted by atomic mass is 9.87. The summed E-state index contributed by atoms with van der Waals surface area (Å²) in [5.74, 6) is 0.0744. The quantitative estimate of drug-likeness (QED) is 0.595. The van der Waals surface area contributed by atoms with Crippen LogP contribution in [-0.4, -0.2) is 31.2 Å². The van der Waals surface area contributed by atoms with Crippen LogP contribution in [0.1, 0.15) is 26.2 Å². The van der Waals surface area contributed by atoms with Gasteiger partial charge < -0.3 is 15.8 Å². The highest BCUT2D eigenvalue weighted by Gasteiger charge is 2.26. The van der Waals surface area contributed by atoms with E-state index in [0.29, 0.717) is 25.7 Å². The van der Waals surface area contributed by atoms with Gasteiger partial charge in [-0.25, -0.2) is 0 Å². The fourth-order valence-corrected chi connectivity index (χ4v) is 1.39. The number of nitrogens with one attached hydrogen (secondary N) is 1. The summed E-state index contributed by atoms with van der Waals surface area (Å²) in [5.41, 5.74) is 5.59. The maximum absolute atomic E-state index is 11.2. The third-order valence-corrected chi connectivity index (χ3v) is 2.22. The second kappa shape index (κ2) is 5.19. The Hall–Kier alpha value is -0.610. The van der Waals surface area contributed by atoms with Crippen LogP contribution in [0.5, 0.6) is 0 Å².